The number of halogens is 2. The number of ether oxygens (including phenoxy) is 1. The molecule has 0 aliphatic rings. The van der Waals surface area contributed by atoms with Crippen molar-refractivity contribution >= 4 is 11.7 Å². The van der Waals surface area contributed by atoms with Crippen molar-refractivity contribution in [1.29, 1.82) is 0 Å². The Morgan fingerprint density at radius 3 is 2.63 bits per heavy atom. The van der Waals surface area contributed by atoms with Gasteiger partial charge in [0.05, 0.1) is 16.9 Å². The summed E-state index contributed by atoms with van der Waals surface area (Å²) in [5, 5.41) is 10.9. The van der Waals surface area contributed by atoms with E-state index in [1.54, 1.807) is 30.3 Å². The normalized spacial score (nSPS) is 10.6. The molecule has 1 heterocycles. The molecule has 0 saturated carbocycles. The Bertz CT molecular complexity index is 999. The summed E-state index contributed by atoms with van der Waals surface area (Å²) in [6.45, 7) is 0. The highest BCUT2D eigenvalue weighted by molar-refractivity contribution is 5.74. The minimum absolute atomic E-state index is 0.135. The van der Waals surface area contributed by atoms with Crippen molar-refractivity contribution in [2.75, 3.05) is 0 Å². The van der Waals surface area contributed by atoms with Crippen LogP contribution in [-0.2, 0) is 11.2 Å². The second-order valence-electron chi connectivity index (χ2n) is 5.59. The van der Waals surface area contributed by atoms with Crippen LogP contribution in [0.5, 0.6) is 5.75 Å². The van der Waals surface area contributed by atoms with Crippen LogP contribution in [0.3, 0.4) is 0 Å². The third-order valence-electron chi connectivity index (χ3n) is 3.72. The van der Waals surface area contributed by atoms with Crippen molar-refractivity contribution in [3.05, 3.63) is 82.1 Å². The standard InChI is InChI=1S/C19H13F2NO5/c20-12-5-8-16(22(24)25)18(11-12)27-19(23)10-7-13-6-9-17(26-13)14-3-1-2-4-15(14)21/h1-6,8-9,11H,7,10H2. The number of nitro benzene ring substituents is 1. The van der Waals surface area contributed by atoms with E-state index in [0.29, 0.717) is 17.1 Å². The summed E-state index contributed by atoms with van der Waals surface area (Å²) in [5.74, 6) is -1.71. The van der Waals surface area contributed by atoms with E-state index in [2.05, 4.69) is 0 Å². The van der Waals surface area contributed by atoms with Crippen LogP contribution in [0.25, 0.3) is 11.3 Å². The Balaban J connectivity index is 1.65. The van der Waals surface area contributed by atoms with Gasteiger partial charge in [0.1, 0.15) is 23.2 Å². The Hall–Kier alpha value is -3.55. The van der Waals surface area contributed by atoms with Gasteiger partial charge in [-0.3, -0.25) is 14.9 Å². The molecule has 0 saturated heterocycles. The van der Waals surface area contributed by atoms with Gasteiger partial charge >= 0.3 is 11.7 Å². The topological polar surface area (TPSA) is 82.6 Å². The van der Waals surface area contributed by atoms with Crippen molar-refractivity contribution in [1.82, 2.24) is 0 Å². The van der Waals surface area contributed by atoms with E-state index < -0.39 is 34.0 Å². The van der Waals surface area contributed by atoms with Crippen LogP contribution in [0.15, 0.2) is 59.0 Å². The molecule has 0 bridgehead atoms. The summed E-state index contributed by atoms with van der Waals surface area (Å²) < 4.78 is 37.4. The molecule has 27 heavy (non-hydrogen) atoms. The Kier molecular flexibility index (Phi) is 5.25. The molecule has 0 radical (unpaired) electrons. The molecule has 0 atom stereocenters. The predicted molar refractivity (Wildman–Crippen MR) is 91.1 cm³/mol. The molecule has 0 amide bonds. The van der Waals surface area contributed by atoms with E-state index in [9.17, 15) is 23.7 Å². The number of furan rings is 1. The van der Waals surface area contributed by atoms with Gasteiger partial charge < -0.3 is 9.15 Å². The van der Waals surface area contributed by atoms with Gasteiger partial charge in [-0.1, -0.05) is 12.1 Å². The molecule has 6 nitrogen and oxygen atoms in total. The van der Waals surface area contributed by atoms with E-state index in [0.717, 1.165) is 18.2 Å². The lowest BCUT2D eigenvalue weighted by atomic mass is 10.1. The first-order valence-electron chi connectivity index (χ1n) is 7.92. The van der Waals surface area contributed by atoms with Crippen LogP contribution >= 0.6 is 0 Å². The zero-order valence-electron chi connectivity index (χ0n) is 13.9. The fraction of sp³-hybridized carbons (Fsp3) is 0.105. The van der Waals surface area contributed by atoms with Crippen molar-refractivity contribution in [3.8, 4) is 17.1 Å². The van der Waals surface area contributed by atoms with Crippen LogP contribution in [0.4, 0.5) is 14.5 Å². The lowest BCUT2D eigenvalue weighted by Crippen LogP contribution is -2.10. The van der Waals surface area contributed by atoms with Crippen LogP contribution in [0, 0.1) is 21.7 Å². The van der Waals surface area contributed by atoms with E-state index in [1.807, 2.05) is 0 Å². The molecule has 138 valence electrons. The Labute approximate surface area is 152 Å². The van der Waals surface area contributed by atoms with Gasteiger partial charge in [0.15, 0.2) is 0 Å². The largest absolute Gasteiger partial charge is 0.461 e. The number of hydrogen-bond donors (Lipinski definition) is 0. The van der Waals surface area contributed by atoms with Gasteiger partial charge in [0.25, 0.3) is 0 Å². The monoisotopic (exact) mass is 373 g/mol. The molecular formula is C19H13F2NO5. The van der Waals surface area contributed by atoms with Crippen LogP contribution in [-0.4, -0.2) is 10.9 Å². The molecule has 0 aliphatic heterocycles. The Morgan fingerprint density at radius 1 is 1.11 bits per heavy atom. The number of esters is 1. The molecule has 8 heteroatoms. The van der Waals surface area contributed by atoms with Gasteiger partial charge in [-0.15, -0.1) is 0 Å². The van der Waals surface area contributed by atoms with E-state index in [4.69, 9.17) is 9.15 Å². The summed E-state index contributed by atoms with van der Waals surface area (Å²) in [6, 6.07) is 11.9. The van der Waals surface area contributed by atoms with Gasteiger partial charge in [0.2, 0.25) is 5.75 Å². The van der Waals surface area contributed by atoms with Gasteiger partial charge in [-0.2, -0.15) is 0 Å². The van der Waals surface area contributed by atoms with E-state index in [1.165, 1.54) is 6.07 Å². The summed E-state index contributed by atoms with van der Waals surface area (Å²) >= 11 is 0. The maximum absolute atomic E-state index is 13.8. The number of rotatable bonds is 6. The van der Waals surface area contributed by atoms with E-state index in [-0.39, 0.29) is 12.8 Å². The maximum Gasteiger partial charge on any atom is 0.311 e. The molecular weight excluding hydrogens is 360 g/mol. The average molecular weight is 373 g/mol. The summed E-state index contributed by atoms with van der Waals surface area (Å²) in [4.78, 5) is 22.1. The zero-order valence-corrected chi connectivity index (χ0v) is 13.9. The first-order valence-corrected chi connectivity index (χ1v) is 7.92. The molecule has 2 aromatic carbocycles. The lowest BCUT2D eigenvalue weighted by Gasteiger charge is -2.04. The lowest BCUT2D eigenvalue weighted by molar-refractivity contribution is -0.385. The van der Waals surface area contributed by atoms with Gasteiger partial charge in [0, 0.05) is 18.6 Å². The molecule has 0 spiro atoms. The number of nitrogens with zero attached hydrogens (tertiary/aromatic N) is 1. The van der Waals surface area contributed by atoms with Crippen LogP contribution in [0.2, 0.25) is 0 Å². The highest BCUT2D eigenvalue weighted by Crippen LogP contribution is 2.28. The first kappa shape index (κ1) is 18.2. The van der Waals surface area contributed by atoms with Crippen molar-refractivity contribution in [2.45, 2.75) is 12.8 Å². The van der Waals surface area contributed by atoms with Crippen LogP contribution < -0.4 is 4.74 Å². The molecule has 3 aromatic rings. The molecule has 0 N–H and O–H groups in total. The molecule has 0 aliphatic carbocycles. The highest BCUT2D eigenvalue weighted by atomic mass is 19.1. The molecule has 3 rings (SSSR count). The first-order chi connectivity index (χ1) is 12.9. The third-order valence-corrected chi connectivity index (χ3v) is 3.72. The van der Waals surface area contributed by atoms with Crippen molar-refractivity contribution in [2.24, 2.45) is 0 Å². The smallest absolute Gasteiger partial charge is 0.311 e. The van der Waals surface area contributed by atoms with Crippen molar-refractivity contribution in [3.63, 3.8) is 0 Å². The molecule has 0 unspecified atom stereocenters. The predicted octanol–water partition coefficient (Wildman–Crippen LogP) is 4.67. The average Bonchev–Trinajstić information content (AvgIpc) is 3.09. The van der Waals surface area contributed by atoms with Crippen molar-refractivity contribution < 1.29 is 27.7 Å². The zero-order chi connectivity index (χ0) is 19.4. The minimum atomic E-state index is -0.785. The molecule has 0 fully saturated rings. The number of carbonyl (C=O) groups excluding carboxylic acids is 1. The number of aryl methyl sites for hydroxylation is 1. The van der Waals surface area contributed by atoms with Gasteiger partial charge in [-0.05, 0) is 30.3 Å². The highest BCUT2D eigenvalue weighted by Gasteiger charge is 2.19. The molecule has 1 aromatic heterocycles. The van der Waals surface area contributed by atoms with Crippen LogP contribution in [0.1, 0.15) is 12.2 Å². The quantitative estimate of drug-likeness (QED) is 0.271. The number of nitro groups is 1. The summed E-state index contributed by atoms with van der Waals surface area (Å²) in [6.07, 6.45) is -0.0196. The fourth-order valence-corrected chi connectivity index (χ4v) is 2.44. The summed E-state index contributed by atoms with van der Waals surface area (Å²) in [5.41, 5.74) is -0.216. The summed E-state index contributed by atoms with van der Waals surface area (Å²) in [7, 11) is 0. The number of hydrogen-bond acceptors (Lipinski definition) is 5. The maximum atomic E-state index is 13.8. The minimum Gasteiger partial charge on any atom is -0.461 e. The second-order valence-corrected chi connectivity index (χ2v) is 5.59. The SMILES string of the molecule is O=C(CCc1ccc(-c2ccccc2F)o1)Oc1cc(F)ccc1[N+](=O)[O-]. The number of carbonyl (C=O) groups is 1. The van der Waals surface area contributed by atoms with E-state index >= 15 is 0 Å². The van der Waals surface area contributed by atoms with Gasteiger partial charge in [-0.25, -0.2) is 8.78 Å². The fourth-order valence-electron chi connectivity index (χ4n) is 2.44. The number of benzene rings is 2. The second kappa shape index (κ2) is 7.77. The third kappa shape index (κ3) is 4.35. The Morgan fingerprint density at radius 2 is 1.89 bits per heavy atom.